The van der Waals surface area contributed by atoms with Gasteiger partial charge in [0.2, 0.25) is 0 Å². The van der Waals surface area contributed by atoms with Crippen LogP contribution in [0.4, 0.5) is 0 Å². The molecule has 0 N–H and O–H groups in total. The molecule has 0 spiro atoms. The van der Waals surface area contributed by atoms with Crippen LogP contribution >= 0.6 is 0 Å². The molecule has 0 bridgehead atoms. The molecule has 2 aromatic carbocycles. The predicted octanol–water partition coefficient (Wildman–Crippen LogP) is 3.66. The summed E-state index contributed by atoms with van der Waals surface area (Å²) in [5.41, 5.74) is 0.746. The fourth-order valence-corrected chi connectivity index (χ4v) is 1.90. The van der Waals surface area contributed by atoms with Gasteiger partial charge in [0.05, 0.1) is 6.61 Å². The zero-order chi connectivity index (χ0) is 23.7. The van der Waals surface area contributed by atoms with Gasteiger partial charge in [-0.3, -0.25) is 0 Å². The highest BCUT2D eigenvalue weighted by molar-refractivity contribution is 5.35. The summed E-state index contributed by atoms with van der Waals surface area (Å²) in [4.78, 5) is -0.190. The molecule has 0 amide bonds. The second-order valence-electron chi connectivity index (χ2n) is 4.18. The highest BCUT2D eigenvalue weighted by Crippen LogP contribution is 2.28. The van der Waals surface area contributed by atoms with Gasteiger partial charge in [-0.2, -0.15) is 0 Å². The van der Waals surface area contributed by atoms with E-state index >= 15 is 0 Å². The summed E-state index contributed by atoms with van der Waals surface area (Å²) in [7, 11) is 0. The summed E-state index contributed by atoms with van der Waals surface area (Å²) in [6.45, 7) is -12.8. The van der Waals surface area contributed by atoms with Crippen LogP contribution in [-0.4, -0.2) is 32.0 Å². The zero-order valence-electron chi connectivity index (χ0n) is 21.8. The highest BCUT2D eigenvalue weighted by Gasteiger charge is 2.16. The lowest BCUT2D eigenvalue weighted by Crippen LogP contribution is -2.20. The Hall–Kier alpha value is -1.64. The Morgan fingerprint density at radius 1 is 1.10 bits per heavy atom. The van der Waals surface area contributed by atoms with E-state index in [1.165, 1.54) is 12.1 Å². The molecular formula is C18H23NO. The van der Waals surface area contributed by atoms with Gasteiger partial charge < -0.3 is 9.64 Å². The molecule has 2 nitrogen and oxygen atoms in total. The molecule has 0 radical (unpaired) electrons. The van der Waals surface area contributed by atoms with Gasteiger partial charge >= 0.3 is 0 Å². The summed E-state index contributed by atoms with van der Waals surface area (Å²) in [6, 6.07) is 14.5. The smallest absolute Gasteiger partial charge is 0.108 e. The SMILES string of the molecule is [2H]C([2H])([2H])c1ccccc1C(OCC([2H])([2H])N(C([2H])([2H])[2H])C([2H])([2H])[2H])c1ccccc1. The molecule has 2 heteroatoms. The number of nitrogens with zero attached hydrogens (tertiary/aromatic N) is 1. The van der Waals surface area contributed by atoms with Gasteiger partial charge in [0.1, 0.15) is 6.10 Å². The van der Waals surface area contributed by atoms with Gasteiger partial charge in [0.25, 0.3) is 0 Å². The first-order valence-electron chi connectivity index (χ1n) is 11.6. The third-order valence-electron chi connectivity index (χ3n) is 2.82. The molecule has 0 saturated heterocycles. The number of hydrogen-bond donors (Lipinski definition) is 0. The summed E-state index contributed by atoms with van der Waals surface area (Å²) in [5, 5.41) is 0. The van der Waals surface area contributed by atoms with Crippen molar-refractivity contribution in [3.8, 4) is 0 Å². The molecule has 0 saturated carbocycles. The molecule has 0 aliphatic heterocycles. The number of hydrogen-bond acceptors (Lipinski definition) is 2. The number of ether oxygens (including phenoxy) is 1. The number of likely N-dealkylation sites (N-methyl/N-ethyl adjacent to an activating group) is 1. The minimum Gasteiger partial charge on any atom is -0.367 e. The molecule has 0 fully saturated rings. The van der Waals surface area contributed by atoms with Crippen LogP contribution < -0.4 is 0 Å². The molecular weight excluding hydrogens is 246 g/mol. The molecule has 0 aromatic heterocycles. The zero-order valence-corrected chi connectivity index (χ0v) is 10.8. The van der Waals surface area contributed by atoms with Crippen molar-refractivity contribution >= 4 is 0 Å². The normalized spacial score (nSPS) is 23.4. The lowest BCUT2D eigenvalue weighted by Gasteiger charge is -2.22. The van der Waals surface area contributed by atoms with Crippen LogP contribution in [0.3, 0.4) is 0 Å². The third-order valence-corrected chi connectivity index (χ3v) is 2.82. The molecule has 2 aromatic rings. The number of benzene rings is 2. The molecule has 20 heavy (non-hydrogen) atoms. The van der Waals surface area contributed by atoms with Crippen molar-refractivity contribution in [2.45, 2.75) is 13.0 Å². The maximum atomic E-state index is 8.13. The van der Waals surface area contributed by atoms with E-state index in [-0.39, 0.29) is 16.0 Å². The molecule has 2 rings (SSSR count). The molecule has 0 aliphatic carbocycles. The highest BCUT2D eigenvalue weighted by atomic mass is 16.5. The van der Waals surface area contributed by atoms with E-state index < -0.39 is 40.0 Å². The Labute approximate surface area is 137 Å². The largest absolute Gasteiger partial charge is 0.367 e. The lowest BCUT2D eigenvalue weighted by molar-refractivity contribution is 0.0683. The van der Waals surface area contributed by atoms with Gasteiger partial charge in [-0.05, 0) is 37.5 Å². The maximum Gasteiger partial charge on any atom is 0.108 e. The first kappa shape index (κ1) is 6.00. The van der Waals surface area contributed by atoms with E-state index in [4.69, 9.17) is 19.8 Å². The van der Waals surface area contributed by atoms with Crippen LogP contribution in [0.15, 0.2) is 54.6 Å². The van der Waals surface area contributed by atoms with Crippen LogP contribution in [0.25, 0.3) is 0 Å². The van der Waals surface area contributed by atoms with Crippen molar-refractivity contribution in [1.82, 2.24) is 4.90 Å². The summed E-state index contributed by atoms with van der Waals surface area (Å²) < 4.78 is 90.1. The Balaban J connectivity index is 2.48. The lowest BCUT2D eigenvalue weighted by atomic mass is 9.97. The van der Waals surface area contributed by atoms with Gasteiger partial charge in [-0.25, -0.2) is 0 Å². The van der Waals surface area contributed by atoms with E-state index in [1.807, 2.05) is 0 Å². The van der Waals surface area contributed by atoms with Crippen LogP contribution in [-0.2, 0) is 4.74 Å². The van der Waals surface area contributed by atoms with Crippen LogP contribution in [0.1, 0.15) is 37.9 Å². The van der Waals surface area contributed by atoms with Crippen LogP contribution in [0.5, 0.6) is 0 Å². The number of aryl methyl sites for hydroxylation is 1. The molecule has 0 aliphatic rings. The average Bonchev–Trinajstić information content (AvgIpc) is 2.59. The van der Waals surface area contributed by atoms with E-state index in [0.717, 1.165) is 0 Å². The first-order valence-corrected chi connectivity index (χ1v) is 6.11. The topological polar surface area (TPSA) is 12.5 Å². The van der Waals surface area contributed by atoms with Crippen LogP contribution in [0, 0.1) is 6.85 Å². The quantitative estimate of drug-likeness (QED) is 0.800. The van der Waals surface area contributed by atoms with E-state index in [9.17, 15) is 0 Å². The van der Waals surface area contributed by atoms with Crippen LogP contribution in [0.2, 0.25) is 0 Å². The Morgan fingerprint density at radius 2 is 1.85 bits per heavy atom. The standard InChI is InChI=1S/C18H23NO/c1-15-9-7-8-12-17(15)18(20-14-13-19(2)3)16-10-5-4-6-11-16/h4-12,18H,13-14H2,1-3H3/i1D3,2D3,3D3,13D2. The van der Waals surface area contributed by atoms with Crippen molar-refractivity contribution in [3.05, 3.63) is 71.3 Å². The summed E-state index contributed by atoms with van der Waals surface area (Å²) in [6.07, 6.45) is -1.07. The predicted molar refractivity (Wildman–Crippen MR) is 84.0 cm³/mol. The number of rotatable bonds is 6. The third kappa shape index (κ3) is 3.92. The minimum atomic E-state index is -3.25. The minimum absolute atomic E-state index is 0.00656. The molecule has 1 unspecified atom stereocenters. The first-order chi connectivity index (χ1) is 14.0. The van der Waals surface area contributed by atoms with E-state index in [2.05, 4.69) is 0 Å². The van der Waals surface area contributed by atoms with Crippen molar-refractivity contribution in [2.24, 2.45) is 0 Å². The Kier molecular flexibility index (Phi) is 2.17. The molecule has 106 valence electrons. The second-order valence-corrected chi connectivity index (χ2v) is 4.18. The van der Waals surface area contributed by atoms with E-state index in [0.29, 0.717) is 5.56 Å². The van der Waals surface area contributed by atoms with Gasteiger partial charge in [-0.1, -0.05) is 54.6 Å². The monoisotopic (exact) mass is 280 g/mol. The fourth-order valence-electron chi connectivity index (χ4n) is 1.90. The van der Waals surface area contributed by atoms with Gasteiger partial charge in [0, 0.05) is 21.6 Å². The second kappa shape index (κ2) is 7.22. The Bertz CT molecular complexity index is 845. The van der Waals surface area contributed by atoms with E-state index in [1.54, 1.807) is 42.5 Å². The molecule has 1 atom stereocenters. The van der Waals surface area contributed by atoms with Gasteiger partial charge in [0.15, 0.2) is 0 Å². The van der Waals surface area contributed by atoms with Crippen molar-refractivity contribution in [3.63, 3.8) is 0 Å². The summed E-state index contributed by atoms with van der Waals surface area (Å²) in [5.74, 6) is 0. The summed E-state index contributed by atoms with van der Waals surface area (Å²) >= 11 is 0. The van der Waals surface area contributed by atoms with Gasteiger partial charge in [-0.15, -0.1) is 0 Å². The fraction of sp³-hybridized carbons (Fsp3) is 0.333. The molecule has 0 heterocycles. The van der Waals surface area contributed by atoms with Crippen molar-refractivity contribution in [1.29, 1.82) is 0 Å². The Morgan fingerprint density at radius 3 is 2.60 bits per heavy atom. The van der Waals surface area contributed by atoms with Crippen molar-refractivity contribution < 1.29 is 19.8 Å². The maximum absolute atomic E-state index is 8.13. The van der Waals surface area contributed by atoms with Crippen molar-refractivity contribution in [2.75, 3.05) is 27.1 Å². The average molecular weight is 280 g/mol.